The lowest BCUT2D eigenvalue weighted by Crippen LogP contribution is -2.34. The molecule has 5 rings (SSSR count). The van der Waals surface area contributed by atoms with Crippen molar-refractivity contribution < 1.29 is 8.91 Å². The number of hydrogen-bond acceptors (Lipinski definition) is 6. The van der Waals surface area contributed by atoms with Crippen LogP contribution in [0.15, 0.2) is 39.1 Å². The van der Waals surface area contributed by atoms with Crippen molar-refractivity contribution in [3.63, 3.8) is 0 Å². The fourth-order valence-corrected chi connectivity index (χ4v) is 3.36. The Morgan fingerprint density at radius 1 is 1.29 bits per heavy atom. The number of allylic oxidation sites excluding steroid dienone is 2. The molecule has 0 N–H and O–H groups in total. The third-order valence-electron chi connectivity index (χ3n) is 4.88. The van der Waals surface area contributed by atoms with Crippen molar-refractivity contribution in [2.45, 2.75) is 25.7 Å². The zero-order chi connectivity index (χ0) is 16.4. The molecule has 24 heavy (non-hydrogen) atoms. The molecular formula is C17H16FN5O. The number of halogens is 1. The summed E-state index contributed by atoms with van der Waals surface area (Å²) in [4.78, 5) is 13.0. The van der Waals surface area contributed by atoms with E-state index < -0.39 is 0 Å². The van der Waals surface area contributed by atoms with Crippen molar-refractivity contribution in [3.8, 4) is 0 Å². The quantitative estimate of drug-likeness (QED) is 0.849. The first-order valence-electron chi connectivity index (χ1n) is 8.04. The highest BCUT2D eigenvalue weighted by Crippen LogP contribution is 2.43. The minimum atomic E-state index is -0.238. The molecule has 1 saturated carbocycles. The third kappa shape index (κ3) is 1.78. The average molecular weight is 325 g/mol. The van der Waals surface area contributed by atoms with Crippen molar-refractivity contribution in [1.29, 1.82) is 0 Å². The lowest BCUT2D eigenvalue weighted by atomic mass is 10.1. The molecule has 0 saturated heterocycles. The standard InChI is InChI=1S/C17H16FN5O/c1-9-14-13(16-20-17(24-21-16)10-6-7-10)19-8-23(14)12-5-3-4-11(18)15(12)22(9)2/h3-5,10H,6-8H2,1-2H3. The van der Waals surface area contributed by atoms with Gasteiger partial charge in [-0.3, -0.25) is 4.99 Å². The Morgan fingerprint density at radius 2 is 2.12 bits per heavy atom. The fraction of sp³-hybridized carbons (Fsp3) is 0.353. The number of anilines is 2. The molecule has 6 nitrogen and oxygen atoms in total. The number of nitrogens with zero attached hydrogens (tertiary/aromatic N) is 5. The molecule has 1 aromatic carbocycles. The van der Waals surface area contributed by atoms with Gasteiger partial charge in [-0.2, -0.15) is 4.98 Å². The Bertz CT molecular complexity index is 911. The van der Waals surface area contributed by atoms with Crippen LogP contribution < -0.4 is 9.80 Å². The van der Waals surface area contributed by atoms with E-state index in [0.29, 0.717) is 35.7 Å². The molecular weight excluding hydrogens is 309 g/mol. The van der Waals surface area contributed by atoms with Gasteiger partial charge in [-0.1, -0.05) is 11.2 Å². The van der Waals surface area contributed by atoms with Crippen LogP contribution in [0.2, 0.25) is 0 Å². The van der Waals surface area contributed by atoms with Crippen molar-refractivity contribution in [3.05, 3.63) is 47.1 Å². The zero-order valence-corrected chi connectivity index (χ0v) is 13.5. The topological polar surface area (TPSA) is 57.8 Å². The second-order valence-corrected chi connectivity index (χ2v) is 6.41. The number of para-hydroxylation sites is 1. The van der Waals surface area contributed by atoms with Gasteiger partial charge in [0.2, 0.25) is 11.7 Å². The first-order chi connectivity index (χ1) is 11.6. The number of rotatable bonds is 2. The van der Waals surface area contributed by atoms with Crippen LogP contribution in [-0.2, 0) is 0 Å². The molecule has 3 heterocycles. The minimum absolute atomic E-state index is 0.238. The van der Waals surface area contributed by atoms with E-state index in [9.17, 15) is 4.39 Å². The minimum Gasteiger partial charge on any atom is -0.342 e. The maximum Gasteiger partial charge on any atom is 0.230 e. The molecule has 7 heteroatoms. The summed E-state index contributed by atoms with van der Waals surface area (Å²) >= 11 is 0. The molecule has 2 aliphatic heterocycles. The zero-order valence-electron chi connectivity index (χ0n) is 13.5. The van der Waals surface area contributed by atoms with E-state index in [2.05, 4.69) is 15.1 Å². The molecule has 0 spiro atoms. The molecule has 1 aliphatic carbocycles. The van der Waals surface area contributed by atoms with Crippen LogP contribution in [-0.4, -0.2) is 29.6 Å². The number of fused-ring (bicyclic) bond motifs is 3. The van der Waals surface area contributed by atoms with Gasteiger partial charge in [-0.25, -0.2) is 4.39 Å². The van der Waals surface area contributed by atoms with Crippen LogP contribution in [0, 0.1) is 5.82 Å². The summed E-state index contributed by atoms with van der Waals surface area (Å²) in [6.07, 6.45) is 2.22. The van der Waals surface area contributed by atoms with Crippen LogP contribution in [0.5, 0.6) is 0 Å². The van der Waals surface area contributed by atoms with Crippen LogP contribution in [0.4, 0.5) is 15.8 Å². The third-order valence-corrected chi connectivity index (χ3v) is 4.88. The van der Waals surface area contributed by atoms with E-state index in [1.165, 1.54) is 6.07 Å². The van der Waals surface area contributed by atoms with Crippen molar-refractivity contribution >= 4 is 17.1 Å². The SMILES string of the molecule is CC1=C2C(c3noc(C4CC4)n3)=NCN2c2cccc(F)c2N1C. The predicted molar refractivity (Wildman–Crippen MR) is 87.7 cm³/mol. The molecule has 2 aromatic rings. The smallest absolute Gasteiger partial charge is 0.230 e. The molecule has 1 fully saturated rings. The average Bonchev–Trinajstić information content (AvgIpc) is 3.14. The Balaban J connectivity index is 1.61. The molecule has 0 atom stereocenters. The Morgan fingerprint density at radius 3 is 2.92 bits per heavy atom. The van der Waals surface area contributed by atoms with Gasteiger partial charge < -0.3 is 14.3 Å². The first kappa shape index (κ1) is 13.7. The highest BCUT2D eigenvalue weighted by atomic mass is 19.1. The van der Waals surface area contributed by atoms with E-state index >= 15 is 0 Å². The highest BCUT2D eigenvalue weighted by Gasteiger charge is 2.38. The molecule has 1 aromatic heterocycles. The van der Waals surface area contributed by atoms with Gasteiger partial charge in [0.25, 0.3) is 0 Å². The van der Waals surface area contributed by atoms with Gasteiger partial charge in [0.05, 0.1) is 11.4 Å². The van der Waals surface area contributed by atoms with E-state index in [1.807, 2.05) is 29.8 Å². The lowest BCUT2D eigenvalue weighted by Gasteiger charge is -2.35. The van der Waals surface area contributed by atoms with Crippen molar-refractivity contribution in [1.82, 2.24) is 10.1 Å². The summed E-state index contributed by atoms with van der Waals surface area (Å²) in [5, 5.41) is 4.11. The predicted octanol–water partition coefficient (Wildman–Crippen LogP) is 3.03. The maximum absolute atomic E-state index is 14.3. The molecule has 0 bridgehead atoms. The summed E-state index contributed by atoms with van der Waals surface area (Å²) in [7, 11) is 1.86. The summed E-state index contributed by atoms with van der Waals surface area (Å²) in [5.41, 5.74) is 3.93. The maximum atomic E-state index is 14.3. The van der Waals surface area contributed by atoms with Gasteiger partial charge in [-0.05, 0) is 31.9 Å². The Kier molecular flexibility index (Phi) is 2.66. The van der Waals surface area contributed by atoms with Crippen LogP contribution >= 0.6 is 0 Å². The summed E-state index contributed by atoms with van der Waals surface area (Å²) in [5.74, 6) is 1.38. The van der Waals surface area contributed by atoms with Gasteiger partial charge in [0.1, 0.15) is 23.9 Å². The van der Waals surface area contributed by atoms with Gasteiger partial charge in [0.15, 0.2) is 0 Å². The van der Waals surface area contributed by atoms with E-state index in [-0.39, 0.29) is 5.82 Å². The fourth-order valence-electron chi connectivity index (χ4n) is 3.36. The Labute approximate surface area is 138 Å². The second kappa shape index (κ2) is 4.66. The summed E-state index contributed by atoms with van der Waals surface area (Å²) < 4.78 is 19.7. The molecule has 3 aliphatic rings. The normalized spacial score (nSPS) is 19.5. The lowest BCUT2D eigenvalue weighted by molar-refractivity contribution is 0.378. The molecule has 0 unspecified atom stereocenters. The monoisotopic (exact) mass is 325 g/mol. The highest BCUT2D eigenvalue weighted by molar-refractivity contribution is 6.16. The largest absolute Gasteiger partial charge is 0.342 e. The molecule has 0 radical (unpaired) electrons. The number of hydrogen-bond donors (Lipinski definition) is 0. The van der Waals surface area contributed by atoms with Crippen LogP contribution in [0.1, 0.15) is 37.4 Å². The van der Waals surface area contributed by atoms with Gasteiger partial charge in [-0.15, -0.1) is 0 Å². The van der Waals surface area contributed by atoms with E-state index in [1.54, 1.807) is 6.07 Å². The first-order valence-corrected chi connectivity index (χ1v) is 8.04. The van der Waals surface area contributed by atoms with Gasteiger partial charge >= 0.3 is 0 Å². The molecule has 122 valence electrons. The molecule has 0 amide bonds. The number of aliphatic imine (C=N–C) groups is 1. The Hall–Kier alpha value is -2.70. The van der Waals surface area contributed by atoms with E-state index in [0.717, 1.165) is 29.9 Å². The van der Waals surface area contributed by atoms with Crippen molar-refractivity contribution in [2.75, 3.05) is 23.5 Å². The second-order valence-electron chi connectivity index (χ2n) is 6.41. The van der Waals surface area contributed by atoms with Crippen LogP contribution in [0.3, 0.4) is 0 Å². The number of aromatic nitrogens is 2. The van der Waals surface area contributed by atoms with Crippen LogP contribution in [0.25, 0.3) is 0 Å². The van der Waals surface area contributed by atoms with Gasteiger partial charge in [0, 0.05) is 18.7 Å². The van der Waals surface area contributed by atoms with E-state index in [4.69, 9.17) is 4.52 Å². The summed E-state index contributed by atoms with van der Waals surface area (Å²) in [6.45, 7) is 2.39. The number of benzene rings is 1. The van der Waals surface area contributed by atoms with Crippen molar-refractivity contribution in [2.24, 2.45) is 4.99 Å². The summed E-state index contributed by atoms with van der Waals surface area (Å²) in [6, 6.07) is 5.11.